The first kappa shape index (κ1) is 20.4. The summed E-state index contributed by atoms with van der Waals surface area (Å²) in [4.78, 5) is 18.1. The van der Waals surface area contributed by atoms with Gasteiger partial charge in [0, 0.05) is 11.6 Å². The second kappa shape index (κ2) is 8.06. The minimum atomic E-state index is -0.307. The molecule has 1 aliphatic carbocycles. The first-order valence-corrected chi connectivity index (χ1v) is 11.9. The number of fused-ring (bicyclic) bond motifs is 6. The number of hydrogen-bond acceptors (Lipinski definition) is 3. The average molecular weight is 468 g/mol. The normalized spacial score (nSPS) is 12.4. The lowest BCUT2D eigenvalue weighted by Gasteiger charge is -2.17. The molecule has 1 aliphatic rings. The number of rotatable bonds is 3. The Balaban J connectivity index is 1.31. The van der Waals surface area contributed by atoms with Crippen molar-refractivity contribution in [3.63, 3.8) is 0 Å². The molecule has 2 amide bonds. The van der Waals surface area contributed by atoms with Crippen molar-refractivity contribution in [2.45, 2.75) is 6.04 Å². The van der Waals surface area contributed by atoms with Crippen molar-refractivity contribution in [2.75, 3.05) is 5.32 Å². The fourth-order valence-electron chi connectivity index (χ4n) is 5.13. The fraction of sp³-hybridized carbons (Fsp3) is 0.0333. The largest absolute Gasteiger partial charge is 0.327 e. The van der Waals surface area contributed by atoms with E-state index >= 15 is 0 Å². The average Bonchev–Trinajstić information content (AvgIpc) is 3.46. The van der Waals surface area contributed by atoms with E-state index in [1.165, 1.54) is 0 Å². The molecule has 2 N–H and O–H groups in total. The van der Waals surface area contributed by atoms with Gasteiger partial charge in [0.05, 0.1) is 22.6 Å². The highest BCUT2D eigenvalue weighted by Crippen LogP contribution is 2.43. The molecule has 0 unspecified atom stereocenters. The zero-order valence-electron chi connectivity index (χ0n) is 19.2. The molecular weight excluding hydrogens is 446 g/mol. The molecule has 0 spiro atoms. The minimum Gasteiger partial charge on any atom is -0.327 e. The van der Waals surface area contributed by atoms with Gasteiger partial charge in [0.1, 0.15) is 11.3 Å². The van der Waals surface area contributed by atoms with Gasteiger partial charge in [-0.05, 0) is 40.5 Å². The first-order chi connectivity index (χ1) is 17.8. The van der Waals surface area contributed by atoms with Gasteiger partial charge in [-0.15, -0.1) is 0 Å². The zero-order chi connectivity index (χ0) is 24.1. The predicted molar refractivity (Wildman–Crippen MR) is 142 cm³/mol. The molecule has 0 bridgehead atoms. The number of benzene rings is 4. The summed E-state index contributed by atoms with van der Waals surface area (Å²) in [5, 5.41) is 12.9. The van der Waals surface area contributed by atoms with Crippen LogP contribution in [0.4, 0.5) is 10.6 Å². The van der Waals surface area contributed by atoms with E-state index in [-0.39, 0.29) is 12.1 Å². The molecule has 6 heteroatoms. The van der Waals surface area contributed by atoms with E-state index in [1.54, 1.807) is 10.9 Å². The number of pyridine rings is 1. The van der Waals surface area contributed by atoms with Crippen LogP contribution in [0.3, 0.4) is 0 Å². The number of carbonyl (C=O) groups excluding carboxylic acids is 1. The molecular formula is C30H21N5O. The maximum atomic E-state index is 13.5. The third kappa shape index (κ3) is 3.15. The van der Waals surface area contributed by atoms with Crippen molar-refractivity contribution in [3.05, 3.63) is 120 Å². The number of amides is 2. The summed E-state index contributed by atoms with van der Waals surface area (Å²) in [5.74, 6) is 0.575. The summed E-state index contributed by atoms with van der Waals surface area (Å²) >= 11 is 0. The lowest BCUT2D eigenvalue weighted by molar-refractivity contribution is 0.250. The molecule has 0 atom stereocenters. The molecule has 7 rings (SSSR count). The number of anilines is 1. The summed E-state index contributed by atoms with van der Waals surface area (Å²) < 4.78 is 1.77. The maximum absolute atomic E-state index is 13.5. The fourth-order valence-corrected chi connectivity index (χ4v) is 5.13. The standard InChI is InChI=1S/C30H21N5O/c36-30(32-27-22-14-6-4-12-20(22)21-13-5-7-15-23(21)27)33-29-25-18-31-26-17-9-8-16-24(26)28(25)34-35(29)19-10-2-1-3-11-19/h1-18,27H,(H2,32,33,36). The Hall–Kier alpha value is -4.97. The van der Waals surface area contributed by atoms with E-state index in [0.717, 1.165) is 49.7 Å². The second-order valence-electron chi connectivity index (χ2n) is 8.84. The molecule has 172 valence electrons. The molecule has 0 radical (unpaired) electrons. The number of urea groups is 1. The first-order valence-electron chi connectivity index (χ1n) is 11.9. The molecule has 36 heavy (non-hydrogen) atoms. The van der Waals surface area contributed by atoms with Gasteiger partial charge in [0.2, 0.25) is 0 Å². The van der Waals surface area contributed by atoms with Gasteiger partial charge < -0.3 is 5.32 Å². The molecule has 0 saturated carbocycles. The number of para-hydroxylation sites is 2. The zero-order valence-corrected chi connectivity index (χ0v) is 19.2. The highest BCUT2D eigenvalue weighted by atomic mass is 16.2. The Kier molecular flexibility index (Phi) is 4.57. The Morgan fingerprint density at radius 1 is 0.722 bits per heavy atom. The molecule has 0 fully saturated rings. The van der Waals surface area contributed by atoms with Crippen LogP contribution in [0, 0.1) is 0 Å². The van der Waals surface area contributed by atoms with Crippen molar-refractivity contribution in [1.82, 2.24) is 20.1 Å². The van der Waals surface area contributed by atoms with Crippen molar-refractivity contribution in [1.29, 1.82) is 0 Å². The summed E-state index contributed by atoms with van der Waals surface area (Å²) in [5.41, 5.74) is 6.97. The molecule has 6 nitrogen and oxygen atoms in total. The van der Waals surface area contributed by atoms with Crippen LogP contribution >= 0.6 is 0 Å². The van der Waals surface area contributed by atoms with Crippen LogP contribution in [-0.4, -0.2) is 20.8 Å². The quantitative estimate of drug-likeness (QED) is 0.314. The van der Waals surface area contributed by atoms with Crippen molar-refractivity contribution in [2.24, 2.45) is 0 Å². The van der Waals surface area contributed by atoms with E-state index in [4.69, 9.17) is 5.10 Å². The van der Waals surface area contributed by atoms with E-state index in [2.05, 4.69) is 39.9 Å². The second-order valence-corrected chi connectivity index (χ2v) is 8.84. The van der Waals surface area contributed by atoms with Crippen LogP contribution in [-0.2, 0) is 0 Å². The number of aromatic nitrogens is 3. The Bertz CT molecular complexity index is 1730. The van der Waals surface area contributed by atoms with Crippen molar-refractivity contribution >= 4 is 33.7 Å². The van der Waals surface area contributed by atoms with Crippen LogP contribution < -0.4 is 10.6 Å². The van der Waals surface area contributed by atoms with Gasteiger partial charge in [-0.2, -0.15) is 5.10 Å². The van der Waals surface area contributed by atoms with Gasteiger partial charge in [-0.3, -0.25) is 10.3 Å². The molecule has 2 aromatic heterocycles. The highest BCUT2D eigenvalue weighted by molar-refractivity contribution is 6.09. The SMILES string of the molecule is O=C(Nc1c2cnc3ccccc3c2nn1-c1ccccc1)NC1c2ccccc2-c2ccccc21. The highest BCUT2D eigenvalue weighted by Gasteiger charge is 2.29. The summed E-state index contributed by atoms with van der Waals surface area (Å²) in [6, 6.07) is 33.5. The number of nitrogens with zero attached hydrogens (tertiary/aromatic N) is 3. The van der Waals surface area contributed by atoms with E-state index in [0.29, 0.717) is 5.82 Å². The van der Waals surface area contributed by atoms with Gasteiger partial charge >= 0.3 is 6.03 Å². The van der Waals surface area contributed by atoms with Gasteiger partial charge in [0.15, 0.2) is 0 Å². The summed E-state index contributed by atoms with van der Waals surface area (Å²) in [7, 11) is 0. The molecule has 4 aromatic carbocycles. The third-order valence-corrected chi connectivity index (χ3v) is 6.76. The molecule has 6 aromatic rings. The van der Waals surface area contributed by atoms with Crippen LogP contribution in [0.15, 0.2) is 109 Å². The topological polar surface area (TPSA) is 71.8 Å². The van der Waals surface area contributed by atoms with Gasteiger partial charge in [-0.25, -0.2) is 9.48 Å². The molecule has 0 aliphatic heterocycles. The Morgan fingerprint density at radius 2 is 1.36 bits per heavy atom. The van der Waals surface area contributed by atoms with E-state index in [9.17, 15) is 4.79 Å². The minimum absolute atomic E-state index is 0.240. The van der Waals surface area contributed by atoms with Crippen LogP contribution in [0.2, 0.25) is 0 Å². The summed E-state index contributed by atoms with van der Waals surface area (Å²) in [6.07, 6.45) is 1.78. The lowest BCUT2D eigenvalue weighted by atomic mass is 10.1. The van der Waals surface area contributed by atoms with Crippen LogP contribution in [0.5, 0.6) is 0 Å². The van der Waals surface area contributed by atoms with Crippen LogP contribution in [0.25, 0.3) is 38.6 Å². The Morgan fingerprint density at radius 3 is 2.11 bits per heavy atom. The van der Waals surface area contributed by atoms with Gasteiger partial charge in [0.25, 0.3) is 0 Å². The number of carbonyl (C=O) groups is 1. The summed E-state index contributed by atoms with van der Waals surface area (Å²) in [6.45, 7) is 0. The molecule has 0 saturated heterocycles. The third-order valence-electron chi connectivity index (χ3n) is 6.76. The molecule has 2 heterocycles. The lowest BCUT2D eigenvalue weighted by Crippen LogP contribution is -2.33. The van der Waals surface area contributed by atoms with Crippen LogP contribution in [0.1, 0.15) is 17.2 Å². The number of hydrogen-bond donors (Lipinski definition) is 2. The van der Waals surface area contributed by atoms with Crippen molar-refractivity contribution < 1.29 is 4.79 Å². The Labute approximate surface area is 207 Å². The number of nitrogens with one attached hydrogen (secondary N) is 2. The van der Waals surface area contributed by atoms with Gasteiger partial charge in [-0.1, -0.05) is 84.9 Å². The smallest absolute Gasteiger partial charge is 0.321 e. The van der Waals surface area contributed by atoms with E-state index in [1.807, 2.05) is 78.9 Å². The van der Waals surface area contributed by atoms with Crippen molar-refractivity contribution in [3.8, 4) is 16.8 Å². The van der Waals surface area contributed by atoms with E-state index < -0.39 is 0 Å². The predicted octanol–water partition coefficient (Wildman–Crippen LogP) is 6.47. The maximum Gasteiger partial charge on any atom is 0.321 e. The monoisotopic (exact) mass is 467 g/mol.